The number of carboxylic acid groups (broad SMARTS) is 1. The van der Waals surface area contributed by atoms with Crippen molar-refractivity contribution >= 4 is 28.6 Å². The highest BCUT2D eigenvalue weighted by atomic mass is 16.5. The van der Waals surface area contributed by atoms with Gasteiger partial charge in [-0.05, 0) is 67.9 Å². The molecule has 0 spiro atoms. The van der Waals surface area contributed by atoms with Crippen molar-refractivity contribution in [3.8, 4) is 0 Å². The number of fused-ring (bicyclic) bond motifs is 1. The van der Waals surface area contributed by atoms with E-state index < -0.39 is 5.97 Å². The number of carbonyl (C=O) groups is 1. The van der Waals surface area contributed by atoms with Gasteiger partial charge in [0.25, 0.3) is 5.56 Å². The highest BCUT2D eigenvalue weighted by molar-refractivity contribution is 5.88. The highest BCUT2D eigenvalue weighted by Crippen LogP contribution is 2.37. The second kappa shape index (κ2) is 7.92. The van der Waals surface area contributed by atoms with Gasteiger partial charge in [0.2, 0.25) is 0 Å². The third kappa shape index (κ3) is 3.79. The van der Waals surface area contributed by atoms with Crippen LogP contribution in [-0.2, 0) is 4.74 Å². The molecular formula is C22H23N5O4. The predicted octanol–water partition coefficient (Wildman–Crippen LogP) is 3.27. The van der Waals surface area contributed by atoms with E-state index in [1.54, 1.807) is 12.1 Å². The van der Waals surface area contributed by atoms with Crippen molar-refractivity contribution in [2.24, 2.45) is 0 Å². The fourth-order valence-corrected chi connectivity index (χ4v) is 4.26. The molecule has 1 saturated carbocycles. The molecule has 5 N–H and O–H groups in total. The second-order valence-corrected chi connectivity index (χ2v) is 7.93. The molecule has 9 nitrogen and oxygen atoms in total. The normalized spacial score (nSPS) is 18.3. The molecular weight excluding hydrogens is 398 g/mol. The quantitative estimate of drug-likeness (QED) is 0.498. The number of carboxylic acids is 1. The van der Waals surface area contributed by atoms with E-state index in [1.165, 1.54) is 0 Å². The Kier molecular flexibility index (Phi) is 4.95. The number of rotatable bonds is 5. The summed E-state index contributed by atoms with van der Waals surface area (Å²) in [6, 6.07) is 6.87. The number of ether oxygens (including phenoxy) is 1. The van der Waals surface area contributed by atoms with Crippen LogP contribution in [0.5, 0.6) is 0 Å². The summed E-state index contributed by atoms with van der Waals surface area (Å²) in [4.78, 5) is 31.0. The fraction of sp³-hybridized carbons (Fsp3) is 0.318. The van der Waals surface area contributed by atoms with Crippen LogP contribution in [0.3, 0.4) is 0 Å². The van der Waals surface area contributed by atoms with Crippen molar-refractivity contribution in [2.75, 3.05) is 10.9 Å². The van der Waals surface area contributed by atoms with Crippen molar-refractivity contribution in [1.82, 2.24) is 15.5 Å². The highest BCUT2D eigenvalue weighted by Gasteiger charge is 2.25. The van der Waals surface area contributed by atoms with Gasteiger partial charge in [-0.15, -0.1) is 5.53 Å². The van der Waals surface area contributed by atoms with E-state index in [-0.39, 0.29) is 17.2 Å². The van der Waals surface area contributed by atoms with Gasteiger partial charge in [0.15, 0.2) is 11.5 Å². The molecule has 2 heterocycles. The minimum absolute atomic E-state index is 0.151. The molecule has 2 aromatic rings. The van der Waals surface area contributed by atoms with Crippen LogP contribution in [0, 0.1) is 0 Å². The molecule has 0 radical (unpaired) electrons. The molecule has 1 aromatic heterocycles. The van der Waals surface area contributed by atoms with Crippen LogP contribution in [0.2, 0.25) is 0 Å². The van der Waals surface area contributed by atoms with Crippen LogP contribution >= 0.6 is 0 Å². The van der Waals surface area contributed by atoms with Crippen LogP contribution in [0.1, 0.15) is 60.3 Å². The average molecular weight is 421 g/mol. The Morgan fingerprint density at radius 2 is 1.87 bits per heavy atom. The van der Waals surface area contributed by atoms with Gasteiger partial charge in [-0.25, -0.2) is 9.78 Å². The molecule has 1 aromatic carbocycles. The first kappa shape index (κ1) is 19.4. The molecule has 31 heavy (non-hydrogen) atoms. The van der Waals surface area contributed by atoms with Gasteiger partial charge in [-0.3, -0.25) is 15.6 Å². The summed E-state index contributed by atoms with van der Waals surface area (Å²) in [7, 11) is 0. The molecule has 0 saturated heterocycles. The first-order valence-corrected chi connectivity index (χ1v) is 10.4. The maximum absolute atomic E-state index is 12.4. The van der Waals surface area contributed by atoms with E-state index in [9.17, 15) is 9.59 Å². The van der Waals surface area contributed by atoms with Gasteiger partial charge in [-0.2, -0.15) is 0 Å². The van der Waals surface area contributed by atoms with Gasteiger partial charge >= 0.3 is 5.97 Å². The molecule has 0 atom stereocenters. The fourth-order valence-electron chi connectivity index (χ4n) is 4.26. The van der Waals surface area contributed by atoms with Crippen molar-refractivity contribution in [3.63, 3.8) is 0 Å². The van der Waals surface area contributed by atoms with Crippen molar-refractivity contribution < 1.29 is 14.6 Å². The zero-order chi connectivity index (χ0) is 21.4. The Bertz CT molecular complexity index is 1140. The number of nitrogens with zero attached hydrogens (tertiary/aromatic N) is 1. The standard InChI is InChI=1S/C22H23N5O4/c28-21-18-20(26-27-25-18)23-19(24-21)16-10-9-14(11-17(16)31-15-3-1-2-4-15)12-5-7-13(8-6-12)22(29)30/h5-8,11,15,25,27H,1-4,9-10H2,(H,29,30)(H2,23,24,26,28). The maximum atomic E-state index is 12.4. The van der Waals surface area contributed by atoms with Crippen LogP contribution < -0.4 is 21.9 Å². The van der Waals surface area contributed by atoms with Gasteiger partial charge in [-0.1, -0.05) is 12.1 Å². The zero-order valence-electron chi connectivity index (χ0n) is 16.8. The minimum atomic E-state index is -0.944. The van der Waals surface area contributed by atoms with Crippen LogP contribution in [-0.4, -0.2) is 27.1 Å². The number of hydrogen-bond acceptors (Lipinski definition) is 7. The van der Waals surface area contributed by atoms with Gasteiger partial charge in [0.05, 0.1) is 11.7 Å². The van der Waals surface area contributed by atoms with Crippen molar-refractivity contribution in [1.29, 1.82) is 0 Å². The van der Waals surface area contributed by atoms with Crippen LogP contribution in [0.25, 0.3) is 11.1 Å². The number of allylic oxidation sites excluding steroid dienone is 3. The number of nitrogens with one attached hydrogen (secondary N) is 4. The van der Waals surface area contributed by atoms with E-state index in [4.69, 9.17) is 9.84 Å². The number of benzene rings is 1. The summed E-state index contributed by atoms with van der Waals surface area (Å²) in [5.41, 5.74) is 11.5. The number of aromatic carboxylic acids is 1. The van der Waals surface area contributed by atoms with Crippen molar-refractivity contribution in [2.45, 2.75) is 44.6 Å². The van der Waals surface area contributed by atoms with E-state index in [1.807, 2.05) is 18.2 Å². The number of hydrogen-bond donors (Lipinski definition) is 5. The molecule has 0 amide bonds. The summed E-state index contributed by atoms with van der Waals surface area (Å²) in [5.74, 6) is 0.718. The molecule has 1 aliphatic heterocycles. The number of H-pyrrole nitrogens is 1. The third-order valence-corrected chi connectivity index (χ3v) is 5.92. The molecule has 5 rings (SSSR count). The Morgan fingerprint density at radius 3 is 2.61 bits per heavy atom. The van der Waals surface area contributed by atoms with Crippen molar-refractivity contribution in [3.05, 3.63) is 63.4 Å². The first-order chi connectivity index (χ1) is 15.1. The minimum Gasteiger partial charge on any atom is -0.490 e. The third-order valence-electron chi connectivity index (χ3n) is 5.92. The lowest BCUT2D eigenvalue weighted by atomic mass is 9.91. The van der Waals surface area contributed by atoms with Gasteiger partial charge < -0.3 is 14.8 Å². The molecule has 160 valence electrons. The second-order valence-electron chi connectivity index (χ2n) is 7.93. The van der Waals surface area contributed by atoms with E-state index in [0.717, 1.165) is 54.6 Å². The smallest absolute Gasteiger partial charge is 0.335 e. The lowest BCUT2D eigenvalue weighted by Crippen LogP contribution is -2.21. The Hall–Kier alpha value is -3.59. The summed E-state index contributed by atoms with van der Waals surface area (Å²) in [6.07, 6.45) is 7.85. The number of aromatic nitrogens is 2. The van der Waals surface area contributed by atoms with E-state index in [2.05, 4.69) is 26.4 Å². The predicted molar refractivity (Wildman–Crippen MR) is 116 cm³/mol. The average Bonchev–Trinajstić information content (AvgIpc) is 3.46. The number of hydrazine groups is 2. The Morgan fingerprint density at radius 1 is 1.10 bits per heavy atom. The zero-order valence-corrected chi connectivity index (χ0v) is 16.8. The lowest BCUT2D eigenvalue weighted by molar-refractivity contribution is 0.0697. The molecule has 2 aliphatic carbocycles. The van der Waals surface area contributed by atoms with Gasteiger partial charge in [0, 0.05) is 5.57 Å². The molecule has 3 aliphatic rings. The largest absolute Gasteiger partial charge is 0.490 e. The SMILES string of the molecule is O=C(O)c1ccc(C2=CC(OC3CCCC3)=C(c3nc4c(c(=O)[nH]3)NNN4)CC2)cc1. The topological polar surface area (TPSA) is 128 Å². The van der Waals surface area contributed by atoms with Crippen LogP contribution in [0.4, 0.5) is 11.5 Å². The summed E-state index contributed by atoms with van der Waals surface area (Å²) in [5, 5.41) is 9.15. The first-order valence-electron chi connectivity index (χ1n) is 10.4. The van der Waals surface area contributed by atoms with Crippen LogP contribution in [0.15, 0.2) is 40.9 Å². The molecule has 0 bridgehead atoms. The number of aromatic amines is 1. The summed E-state index contributed by atoms with van der Waals surface area (Å²) >= 11 is 0. The summed E-state index contributed by atoms with van der Waals surface area (Å²) in [6.45, 7) is 0. The van der Waals surface area contributed by atoms with E-state index >= 15 is 0 Å². The maximum Gasteiger partial charge on any atom is 0.335 e. The lowest BCUT2D eigenvalue weighted by Gasteiger charge is -2.23. The number of anilines is 2. The Labute approximate surface area is 178 Å². The monoisotopic (exact) mass is 421 g/mol. The molecule has 0 unspecified atom stereocenters. The molecule has 1 fully saturated rings. The Balaban J connectivity index is 1.54. The van der Waals surface area contributed by atoms with E-state index in [0.29, 0.717) is 23.8 Å². The van der Waals surface area contributed by atoms with Gasteiger partial charge in [0.1, 0.15) is 11.6 Å². The summed E-state index contributed by atoms with van der Waals surface area (Å²) < 4.78 is 6.39. The molecule has 9 heteroatoms.